The van der Waals surface area contributed by atoms with Crippen LogP contribution in [0.4, 0.5) is 4.39 Å². The van der Waals surface area contributed by atoms with Crippen LogP contribution in [0, 0.1) is 5.82 Å². The minimum Gasteiger partial charge on any atom is -0.356 e. The van der Waals surface area contributed by atoms with Gasteiger partial charge in [-0.1, -0.05) is 19.1 Å². The Balaban J connectivity index is 1.95. The predicted molar refractivity (Wildman–Crippen MR) is 77.0 cm³/mol. The highest BCUT2D eigenvalue weighted by Crippen LogP contribution is 2.47. The molecule has 1 aromatic rings. The van der Waals surface area contributed by atoms with Crippen molar-refractivity contribution in [1.29, 1.82) is 0 Å². The van der Waals surface area contributed by atoms with Crippen LogP contribution in [0.2, 0.25) is 0 Å². The number of hydrogen-bond acceptors (Lipinski definition) is 1. The average molecular weight is 263 g/mol. The molecular weight excluding hydrogens is 241 g/mol. The Bertz CT molecular complexity index is 452. The maximum atomic E-state index is 13.3. The van der Waals surface area contributed by atoms with E-state index in [-0.39, 0.29) is 11.2 Å². The Labute approximate surface area is 114 Å². The van der Waals surface area contributed by atoms with Gasteiger partial charge in [-0.2, -0.15) is 0 Å². The second kappa shape index (κ2) is 6.04. The molecule has 1 aromatic carbocycles. The SMILES string of the molecule is CCCNC(=NC)NCC1(c2cccc(F)c2)CC1. The minimum atomic E-state index is -0.155. The molecule has 1 aliphatic rings. The molecule has 0 radical (unpaired) electrons. The third-order valence-corrected chi connectivity index (χ3v) is 3.65. The number of hydrogen-bond donors (Lipinski definition) is 2. The van der Waals surface area contributed by atoms with Gasteiger partial charge >= 0.3 is 0 Å². The lowest BCUT2D eigenvalue weighted by atomic mass is 9.96. The summed E-state index contributed by atoms with van der Waals surface area (Å²) in [6.07, 6.45) is 3.28. The highest BCUT2D eigenvalue weighted by atomic mass is 19.1. The normalized spacial score (nSPS) is 17.1. The smallest absolute Gasteiger partial charge is 0.191 e. The first-order valence-corrected chi connectivity index (χ1v) is 6.91. The van der Waals surface area contributed by atoms with Gasteiger partial charge in [-0.25, -0.2) is 4.39 Å². The van der Waals surface area contributed by atoms with Crippen molar-refractivity contribution >= 4 is 5.96 Å². The van der Waals surface area contributed by atoms with E-state index in [1.807, 2.05) is 6.07 Å². The van der Waals surface area contributed by atoms with E-state index in [1.54, 1.807) is 19.2 Å². The molecule has 0 saturated heterocycles. The molecule has 0 bridgehead atoms. The van der Waals surface area contributed by atoms with Gasteiger partial charge in [-0.15, -0.1) is 0 Å². The third kappa shape index (κ3) is 3.46. The molecule has 4 heteroatoms. The number of rotatable bonds is 5. The molecule has 2 N–H and O–H groups in total. The molecule has 2 rings (SSSR count). The number of guanidine groups is 1. The fourth-order valence-corrected chi connectivity index (χ4v) is 2.25. The standard InChI is InChI=1S/C15H22FN3/c1-3-9-18-14(17-2)19-11-15(7-8-15)12-5-4-6-13(16)10-12/h4-6,10H,3,7-9,11H2,1-2H3,(H2,17,18,19). The third-order valence-electron chi connectivity index (χ3n) is 3.65. The second-order valence-electron chi connectivity index (χ2n) is 5.14. The van der Waals surface area contributed by atoms with Crippen LogP contribution in [-0.2, 0) is 5.41 Å². The van der Waals surface area contributed by atoms with E-state index in [9.17, 15) is 4.39 Å². The maximum Gasteiger partial charge on any atom is 0.191 e. The topological polar surface area (TPSA) is 36.4 Å². The fraction of sp³-hybridized carbons (Fsp3) is 0.533. The second-order valence-corrected chi connectivity index (χ2v) is 5.14. The lowest BCUT2D eigenvalue weighted by Crippen LogP contribution is -2.41. The lowest BCUT2D eigenvalue weighted by Gasteiger charge is -2.19. The van der Waals surface area contributed by atoms with Gasteiger partial charge < -0.3 is 10.6 Å². The number of nitrogens with zero attached hydrogens (tertiary/aromatic N) is 1. The van der Waals surface area contributed by atoms with Gasteiger partial charge in [0, 0.05) is 25.6 Å². The van der Waals surface area contributed by atoms with Crippen LogP contribution in [-0.4, -0.2) is 26.1 Å². The van der Waals surface area contributed by atoms with Crippen molar-refractivity contribution in [3.05, 3.63) is 35.6 Å². The van der Waals surface area contributed by atoms with Gasteiger partial charge in [0.15, 0.2) is 5.96 Å². The Kier molecular flexibility index (Phi) is 4.40. The summed E-state index contributed by atoms with van der Waals surface area (Å²) in [6, 6.07) is 6.94. The fourth-order valence-electron chi connectivity index (χ4n) is 2.25. The largest absolute Gasteiger partial charge is 0.356 e. The van der Waals surface area contributed by atoms with E-state index in [4.69, 9.17) is 0 Å². The van der Waals surface area contributed by atoms with E-state index in [2.05, 4.69) is 22.5 Å². The Morgan fingerprint density at radius 1 is 1.37 bits per heavy atom. The van der Waals surface area contributed by atoms with Crippen LogP contribution < -0.4 is 10.6 Å². The van der Waals surface area contributed by atoms with Crippen LogP contribution in [0.5, 0.6) is 0 Å². The summed E-state index contributed by atoms with van der Waals surface area (Å²) in [4.78, 5) is 4.19. The van der Waals surface area contributed by atoms with Crippen molar-refractivity contribution in [2.24, 2.45) is 4.99 Å². The molecule has 104 valence electrons. The quantitative estimate of drug-likeness (QED) is 0.632. The number of nitrogens with one attached hydrogen (secondary N) is 2. The zero-order valence-corrected chi connectivity index (χ0v) is 11.7. The van der Waals surface area contributed by atoms with E-state index in [0.717, 1.165) is 43.9 Å². The summed E-state index contributed by atoms with van der Waals surface area (Å²) in [6.45, 7) is 3.84. The molecule has 19 heavy (non-hydrogen) atoms. The van der Waals surface area contributed by atoms with Gasteiger partial charge in [-0.3, -0.25) is 4.99 Å². The Morgan fingerprint density at radius 3 is 2.74 bits per heavy atom. The van der Waals surface area contributed by atoms with Crippen molar-refractivity contribution < 1.29 is 4.39 Å². The molecule has 0 atom stereocenters. The monoisotopic (exact) mass is 263 g/mol. The summed E-state index contributed by atoms with van der Waals surface area (Å²) in [7, 11) is 1.77. The molecule has 1 saturated carbocycles. The number of aliphatic imine (C=N–C) groups is 1. The lowest BCUT2D eigenvalue weighted by molar-refractivity contribution is 0.607. The first-order valence-electron chi connectivity index (χ1n) is 6.91. The van der Waals surface area contributed by atoms with Crippen LogP contribution in [0.1, 0.15) is 31.7 Å². The number of halogens is 1. The van der Waals surface area contributed by atoms with Crippen LogP contribution >= 0.6 is 0 Å². The zero-order chi connectivity index (χ0) is 13.7. The van der Waals surface area contributed by atoms with Crippen molar-refractivity contribution in [3.8, 4) is 0 Å². The van der Waals surface area contributed by atoms with Gasteiger partial charge in [0.1, 0.15) is 5.82 Å². The van der Waals surface area contributed by atoms with Gasteiger partial charge in [0.25, 0.3) is 0 Å². The summed E-state index contributed by atoms with van der Waals surface area (Å²) in [5, 5.41) is 6.59. The van der Waals surface area contributed by atoms with E-state index < -0.39 is 0 Å². The van der Waals surface area contributed by atoms with Crippen LogP contribution in [0.25, 0.3) is 0 Å². The minimum absolute atomic E-state index is 0.0892. The van der Waals surface area contributed by atoms with Gasteiger partial charge in [0.05, 0.1) is 0 Å². The first-order chi connectivity index (χ1) is 9.20. The molecule has 1 aliphatic carbocycles. The van der Waals surface area contributed by atoms with Crippen molar-refractivity contribution in [1.82, 2.24) is 10.6 Å². The van der Waals surface area contributed by atoms with E-state index in [0.29, 0.717) is 0 Å². The van der Waals surface area contributed by atoms with Crippen molar-refractivity contribution in [2.45, 2.75) is 31.6 Å². The highest BCUT2D eigenvalue weighted by Gasteiger charge is 2.44. The molecular formula is C15H22FN3. The molecule has 0 amide bonds. The Morgan fingerprint density at radius 2 is 2.16 bits per heavy atom. The van der Waals surface area contributed by atoms with E-state index >= 15 is 0 Å². The van der Waals surface area contributed by atoms with Crippen LogP contribution in [0.15, 0.2) is 29.3 Å². The Hall–Kier alpha value is -1.58. The van der Waals surface area contributed by atoms with Crippen molar-refractivity contribution in [3.63, 3.8) is 0 Å². The summed E-state index contributed by atoms with van der Waals surface area (Å²) in [5.74, 6) is 0.668. The number of benzene rings is 1. The molecule has 1 fully saturated rings. The summed E-state index contributed by atoms with van der Waals surface area (Å²) in [5.41, 5.74) is 1.18. The van der Waals surface area contributed by atoms with E-state index in [1.165, 1.54) is 6.07 Å². The molecule has 0 spiro atoms. The zero-order valence-electron chi connectivity index (χ0n) is 11.7. The van der Waals surface area contributed by atoms with Gasteiger partial charge in [-0.05, 0) is 37.0 Å². The molecule has 3 nitrogen and oxygen atoms in total. The predicted octanol–water partition coefficient (Wildman–Crippen LogP) is 2.43. The van der Waals surface area contributed by atoms with Gasteiger partial charge in [0.2, 0.25) is 0 Å². The maximum absolute atomic E-state index is 13.3. The molecule has 0 aromatic heterocycles. The molecule has 0 unspecified atom stereocenters. The molecule has 0 heterocycles. The van der Waals surface area contributed by atoms with Crippen molar-refractivity contribution in [2.75, 3.05) is 20.1 Å². The first kappa shape index (κ1) is 13.8. The molecule has 0 aliphatic heterocycles. The average Bonchev–Trinajstić information content (AvgIpc) is 3.20. The summed E-state index contributed by atoms with van der Waals surface area (Å²) < 4.78 is 13.3. The highest BCUT2D eigenvalue weighted by molar-refractivity contribution is 5.79. The van der Waals surface area contributed by atoms with Crippen LogP contribution in [0.3, 0.4) is 0 Å². The summed E-state index contributed by atoms with van der Waals surface area (Å²) >= 11 is 0.